The molecule has 2 aliphatic heterocycles. The van der Waals surface area contributed by atoms with Crippen molar-refractivity contribution in [3.8, 4) is 11.5 Å². The summed E-state index contributed by atoms with van der Waals surface area (Å²) in [5.41, 5.74) is 0.956. The molecule has 3 atom stereocenters. The van der Waals surface area contributed by atoms with Crippen molar-refractivity contribution in [3.05, 3.63) is 23.8 Å². The fraction of sp³-hybridized carbons (Fsp3) is 0.533. The van der Waals surface area contributed by atoms with Gasteiger partial charge < -0.3 is 14.2 Å². The second kappa shape index (κ2) is 4.85. The zero-order valence-electron chi connectivity index (χ0n) is 11.2. The van der Waals surface area contributed by atoms with Gasteiger partial charge in [-0.05, 0) is 49.9 Å². The van der Waals surface area contributed by atoms with E-state index in [1.54, 1.807) is 13.2 Å². The average molecular weight is 262 g/mol. The minimum atomic E-state index is -0.170. The highest BCUT2D eigenvalue weighted by molar-refractivity contribution is 5.76. The second-order valence-corrected chi connectivity index (χ2v) is 5.27. The van der Waals surface area contributed by atoms with Crippen molar-refractivity contribution in [2.75, 3.05) is 7.11 Å². The average Bonchev–Trinajstić information content (AvgIpc) is 3.01. The van der Waals surface area contributed by atoms with Crippen LogP contribution < -0.4 is 9.47 Å². The first kappa shape index (κ1) is 12.5. The van der Waals surface area contributed by atoms with Crippen molar-refractivity contribution in [2.45, 2.75) is 38.4 Å². The summed E-state index contributed by atoms with van der Waals surface area (Å²) in [5.74, 6) is 1.10. The monoisotopic (exact) mass is 262 g/mol. The number of carbonyl (C=O) groups is 1. The molecule has 0 N–H and O–H groups in total. The number of aryl methyl sites for hydroxylation is 1. The van der Waals surface area contributed by atoms with Gasteiger partial charge in [0.15, 0.2) is 0 Å². The molecule has 102 valence electrons. The van der Waals surface area contributed by atoms with Crippen LogP contribution in [0.5, 0.6) is 11.5 Å². The lowest BCUT2D eigenvalue weighted by molar-refractivity contribution is -0.140. The van der Waals surface area contributed by atoms with Gasteiger partial charge in [-0.3, -0.25) is 4.79 Å². The Morgan fingerprint density at radius 1 is 1.37 bits per heavy atom. The Hall–Kier alpha value is -1.55. The quantitative estimate of drug-likeness (QED) is 0.620. The normalized spacial score (nSPS) is 28.4. The third-order valence-electron chi connectivity index (χ3n) is 3.99. The van der Waals surface area contributed by atoms with Crippen LogP contribution in [-0.2, 0) is 9.53 Å². The molecule has 4 nitrogen and oxygen atoms in total. The van der Waals surface area contributed by atoms with Crippen LogP contribution in [-0.4, -0.2) is 25.3 Å². The van der Waals surface area contributed by atoms with Gasteiger partial charge >= 0.3 is 5.97 Å². The summed E-state index contributed by atoms with van der Waals surface area (Å²) in [7, 11) is 1.63. The molecule has 2 fully saturated rings. The Bertz CT molecular complexity index is 497. The van der Waals surface area contributed by atoms with Gasteiger partial charge in [0.2, 0.25) is 0 Å². The van der Waals surface area contributed by atoms with Crippen LogP contribution in [0.25, 0.3) is 0 Å². The summed E-state index contributed by atoms with van der Waals surface area (Å²) in [6, 6.07) is 5.40. The smallest absolute Gasteiger partial charge is 0.317 e. The number of benzene rings is 1. The molecule has 2 heterocycles. The minimum absolute atomic E-state index is 0.0665. The molecule has 2 saturated heterocycles. The van der Waals surface area contributed by atoms with Crippen molar-refractivity contribution in [3.63, 3.8) is 0 Å². The van der Waals surface area contributed by atoms with E-state index in [0.717, 1.165) is 30.6 Å². The fourth-order valence-electron chi connectivity index (χ4n) is 2.99. The Kier molecular flexibility index (Phi) is 3.19. The summed E-state index contributed by atoms with van der Waals surface area (Å²) in [6.45, 7) is 1.93. The van der Waals surface area contributed by atoms with Gasteiger partial charge in [-0.2, -0.15) is 0 Å². The summed E-state index contributed by atoms with van der Waals surface area (Å²) >= 11 is 0. The maximum atomic E-state index is 12.1. The molecule has 0 aliphatic carbocycles. The van der Waals surface area contributed by atoms with Crippen molar-refractivity contribution >= 4 is 5.97 Å². The Labute approximate surface area is 112 Å². The first-order chi connectivity index (χ1) is 9.17. The largest absolute Gasteiger partial charge is 0.496 e. The van der Waals surface area contributed by atoms with E-state index in [2.05, 4.69) is 0 Å². The third kappa shape index (κ3) is 2.32. The van der Waals surface area contributed by atoms with Gasteiger partial charge in [-0.25, -0.2) is 0 Å². The number of methoxy groups -OCH3 is 1. The third-order valence-corrected chi connectivity index (χ3v) is 3.99. The molecular formula is C15H18O4. The van der Waals surface area contributed by atoms with Crippen molar-refractivity contribution in [2.24, 2.45) is 5.92 Å². The molecule has 3 rings (SSSR count). The van der Waals surface area contributed by atoms with Crippen molar-refractivity contribution in [1.29, 1.82) is 0 Å². The molecule has 0 unspecified atom stereocenters. The number of rotatable bonds is 3. The minimum Gasteiger partial charge on any atom is -0.496 e. The molecule has 2 bridgehead atoms. The number of esters is 1. The van der Waals surface area contributed by atoms with Gasteiger partial charge in [0.25, 0.3) is 0 Å². The highest BCUT2D eigenvalue weighted by atomic mass is 16.5. The van der Waals surface area contributed by atoms with Crippen LogP contribution in [0.3, 0.4) is 0 Å². The molecule has 0 spiro atoms. The number of carbonyl (C=O) groups excluding carboxylic acids is 1. The van der Waals surface area contributed by atoms with Crippen LogP contribution in [0.2, 0.25) is 0 Å². The zero-order valence-corrected chi connectivity index (χ0v) is 11.2. The van der Waals surface area contributed by atoms with E-state index in [1.165, 1.54) is 0 Å². The summed E-state index contributed by atoms with van der Waals surface area (Å²) in [4.78, 5) is 12.1. The van der Waals surface area contributed by atoms with E-state index in [0.29, 0.717) is 5.75 Å². The van der Waals surface area contributed by atoms with Gasteiger partial charge in [-0.1, -0.05) is 0 Å². The van der Waals surface area contributed by atoms with Gasteiger partial charge in [0.1, 0.15) is 11.5 Å². The fourth-order valence-corrected chi connectivity index (χ4v) is 2.99. The Morgan fingerprint density at radius 3 is 2.79 bits per heavy atom. The highest BCUT2D eigenvalue weighted by Crippen LogP contribution is 2.39. The molecule has 4 heteroatoms. The van der Waals surface area contributed by atoms with E-state index in [1.807, 2.05) is 19.1 Å². The topological polar surface area (TPSA) is 44.8 Å². The van der Waals surface area contributed by atoms with Crippen LogP contribution in [0.4, 0.5) is 0 Å². The molecule has 1 aromatic rings. The van der Waals surface area contributed by atoms with Crippen LogP contribution in [0.1, 0.15) is 24.8 Å². The maximum absolute atomic E-state index is 12.1. The Morgan fingerprint density at radius 2 is 2.21 bits per heavy atom. The first-order valence-electron chi connectivity index (χ1n) is 6.69. The van der Waals surface area contributed by atoms with Crippen LogP contribution in [0.15, 0.2) is 18.2 Å². The molecule has 2 aliphatic rings. The van der Waals surface area contributed by atoms with Gasteiger partial charge in [0.05, 0.1) is 25.2 Å². The maximum Gasteiger partial charge on any atom is 0.317 e. The molecule has 0 radical (unpaired) electrons. The second-order valence-electron chi connectivity index (χ2n) is 5.27. The lowest BCUT2D eigenvalue weighted by Crippen LogP contribution is -2.29. The molecule has 19 heavy (non-hydrogen) atoms. The standard InChI is InChI=1S/C15H18O4/c1-9-7-10(3-5-13(9)17-2)19-15(16)12-8-11-4-6-14(12)18-11/h3,5,7,11-12,14H,4,6,8H2,1-2H3/t11-,12-,14-/m1/s1. The summed E-state index contributed by atoms with van der Waals surface area (Å²) < 4.78 is 16.3. The number of hydrogen-bond donors (Lipinski definition) is 0. The number of hydrogen-bond acceptors (Lipinski definition) is 4. The van der Waals surface area contributed by atoms with E-state index >= 15 is 0 Å². The van der Waals surface area contributed by atoms with E-state index in [9.17, 15) is 4.79 Å². The van der Waals surface area contributed by atoms with E-state index < -0.39 is 0 Å². The highest BCUT2D eigenvalue weighted by Gasteiger charge is 2.45. The lowest BCUT2D eigenvalue weighted by atomic mass is 9.89. The molecule has 0 saturated carbocycles. The lowest BCUT2D eigenvalue weighted by Gasteiger charge is -2.17. The number of ether oxygens (including phenoxy) is 3. The van der Waals surface area contributed by atoms with Crippen LogP contribution in [0, 0.1) is 12.8 Å². The number of fused-ring (bicyclic) bond motifs is 2. The van der Waals surface area contributed by atoms with Crippen molar-refractivity contribution in [1.82, 2.24) is 0 Å². The molecule has 1 aromatic carbocycles. The van der Waals surface area contributed by atoms with E-state index in [-0.39, 0.29) is 24.1 Å². The first-order valence-corrected chi connectivity index (χ1v) is 6.69. The SMILES string of the molecule is COc1ccc(OC(=O)[C@@H]2C[C@H]3CC[C@H]2O3)cc1C. The molecule has 0 amide bonds. The predicted molar refractivity (Wildman–Crippen MR) is 69.4 cm³/mol. The van der Waals surface area contributed by atoms with Gasteiger partial charge in [0, 0.05) is 0 Å². The van der Waals surface area contributed by atoms with Gasteiger partial charge in [-0.15, -0.1) is 0 Å². The molecular weight excluding hydrogens is 244 g/mol. The predicted octanol–water partition coefficient (Wildman–Crippen LogP) is 2.48. The molecule has 0 aromatic heterocycles. The summed E-state index contributed by atoms with van der Waals surface area (Å²) in [5, 5.41) is 0. The van der Waals surface area contributed by atoms with Crippen molar-refractivity contribution < 1.29 is 19.0 Å². The Balaban J connectivity index is 1.68. The zero-order chi connectivity index (χ0) is 13.4. The van der Waals surface area contributed by atoms with Crippen LogP contribution >= 0.6 is 0 Å². The van der Waals surface area contributed by atoms with E-state index in [4.69, 9.17) is 14.2 Å². The summed E-state index contributed by atoms with van der Waals surface area (Å²) in [6.07, 6.45) is 3.19.